The number of ether oxygens (including phenoxy) is 1. The molecule has 0 aliphatic rings. The lowest BCUT2D eigenvalue weighted by atomic mass is 10.1. The van der Waals surface area contributed by atoms with E-state index in [1.807, 2.05) is 30.3 Å². The number of hydrogen-bond donors (Lipinski definition) is 1. The summed E-state index contributed by atoms with van der Waals surface area (Å²) in [5.74, 6) is -4.08. The highest BCUT2D eigenvalue weighted by atomic mass is 19.3. The molecule has 120 valence electrons. The second-order valence-electron chi connectivity index (χ2n) is 4.94. The Morgan fingerprint density at radius 1 is 1.19 bits per heavy atom. The van der Waals surface area contributed by atoms with Gasteiger partial charge in [-0.2, -0.15) is 8.78 Å². The summed E-state index contributed by atoms with van der Waals surface area (Å²) in [4.78, 5) is 0. The number of halogens is 4. The summed E-state index contributed by atoms with van der Waals surface area (Å²) in [5, 5.41) is 2.95. The summed E-state index contributed by atoms with van der Waals surface area (Å²) in [6.45, 7) is -1.25. The van der Waals surface area contributed by atoms with E-state index in [9.17, 15) is 17.6 Å². The van der Waals surface area contributed by atoms with Gasteiger partial charge in [0.05, 0.1) is 6.61 Å². The minimum absolute atomic E-state index is 0.00635. The van der Waals surface area contributed by atoms with E-state index in [2.05, 4.69) is 5.32 Å². The Morgan fingerprint density at radius 3 is 2.43 bits per heavy atom. The predicted octanol–water partition coefficient (Wildman–Crippen LogP) is 3.51. The molecule has 0 amide bonds. The molecule has 0 saturated heterocycles. The topological polar surface area (TPSA) is 21.3 Å². The first-order valence-electron chi connectivity index (χ1n) is 6.90. The molecule has 0 aromatic heterocycles. The monoisotopic (exact) mass is 307 g/mol. The Bertz CT molecular complexity index is 387. The number of hydrogen-bond acceptors (Lipinski definition) is 2. The number of rotatable bonds is 10. The van der Waals surface area contributed by atoms with Gasteiger partial charge in [-0.05, 0) is 31.9 Å². The number of nitrogens with one attached hydrogen (secondary N) is 1. The molecule has 0 radical (unpaired) electrons. The maximum atomic E-state index is 12.7. The molecule has 2 nitrogen and oxygen atoms in total. The first kappa shape index (κ1) is 17.9. The molecular weight excluding hydrogens is 286 g/mol. The Labute approximate surface area is 122 Å². The van der Waals surface area contributed by atoms with Crippen LogP contribution in [0.15, 0.2) is 30.3 Å². The van der Waals surface area contributed by atoms with Crippen LogP contribution in [0.5, 0.6) is 0 Å². The summed E-state index contributed by atoms with van der Waals surface area (Å²) < 4.78 is 54.0. The lowest BCUT2D eigenvalue weighted by Crippen LogP contribution is -2.36. The molecule has 0 saturated carbocycles. The zero-order valence-electron chi connectivity index (χ0n) is 12.0. The fourth-order valence-corrected chi connectivity index (χ4v) is 1.91. The van der Waals surface area contributed by atoms with Crippen molar-refractivity contribution in [2.45, 2.75) is 37.7 Å². The van der Waals surface area contributed by atoms with Gasteiger partial charge < -0.3 is 10.1 Å². The van der Waals surface area contributed by atoms with Crippen LogP contribution in [0.1, 0.15) is 18.4 Å². The highest BCUT2D eigenvalue weighted by Gasteiger charge is 2.41. The average Bonchev–Trinajstić information content (AvgIpc) is 2.46. The van der Waals surface area contributed by atoms with Crippen LogP contribution in [0.4, 0.5) is 17.6 Å². The third kappa shape index (κ3) is 6.91. The van der Waals surface area contributed by atoms with Crippen molar-refractivity contribution in [2.24, 2.45) is 0 Å². The zero-order chi connectivity index (χ0) is 15.7. The summed E-state index contributed by atoms with van der Waals surface area (Å²) >= 11 is 0. The Morgan fingerprint density at radius 2 is 1.86 bits per heavy atom. The summed E-state index contributed by atoms with van der Waals surface area (Å²) in [5.41, 5.74) is 1.21. The van der Waals surface area contributed by atoms with E-state index in [0.29, 0.717) is 0 Å². The van der Waals surface area contributed by atoms with Gasteiger partial charge in [-0.15, -0.1) is 0 Å². The third-order valence-corrected chi connectivity index (χ3v) is 3.20. The lowest BCUT2D eigenvalue weighted by Gasteiger charge is -2.19. The highest BCUT2D eigenvalue weighted by molar-refractivity contribution is 5.14. The van der Waals surface area contributed by atoms with Crippen LogP contribution in [0.25, 0.3) is 0 Å². The van der Waals surface area contributed by atoms with E-state index in [1.54, 1.807) is 7.05 Å². The van der Waals surface area contributed by atoms with Crippen molar-refractivity contribution in [2.75, 3.05) is 20.3 Å². The lowest BCUT2D eigenvalue weighted by molar-refractivity contribution is -0.167. The van der Waals surface area contributed by atoms with Gasteiger partial charge in [-0.25, -0.2) is 8.78 Å². The molecule has 1 atom stereocenters. The van der Waals surface area contributed by atoms with Crippen LogP contribution in [-0.4, -0.2) is 38.7 Å². The first-order valence-corrected chi connectivity index (χ1v) is 6.90. The van der Waals surface area contributed by atoms with Crippen molar-refractivity contribution in [3.63, 3.8) is 0 Å². The molecule has 21 heavy (non-hydrogen) atoms. The Balaban J connectivity index is 2.23. The second kappa shape index (κ2) is 9.00. The molecule has 0 heterocycles. The Kier molecular flexibility index (Phi) is 7.67. The zero-order valence-corrected chi connectivity index (χ0v) is 12.0. The van der Waals surface area contributed by atoms with Crippen LogP contribution in [-0.2, 0) is 11.2 Å². The molecule has 6 heteroatoms. The van der Waals surface area contributed by atoms with Gasteiger partial charge in [-0.1, -0.05) is 30.3 Å². The number of likely N-dealkylation sites (N-methyl/N-ethyl adjacent to an activating group) is 1. The average molecular weight is 307 g/mol. The molecule has 0 bridgehead atoms. The fourth-order valence-electron chi connectivity index (χ4n) is 1.91. The molecule has 1 aromatic carbocycles. The van der Waals surface area contributed by atoms with Crippen molar-refractivity contribution < 1.29 is 22.3 Å². The minimum Gasteiger partial charge on any atom is -0.373 e. The van der Waals surface area contributed by atoms with Gasteiger partial charge >= 0.3 is 12.3 Å². The van der Waals surface area contributed by atoms with Gasteiger partial charge in [0.25, 0.3) is 0 Å². The molecule has 0 fully saturated rings. The summed E-state index contributed by atoms with van der Waals surface area (Å²) in [6, 6.07) is 9.78. The number of alkyl halides is 4. The largest absolute Gasteiger partial charge is 0.373 e. The van der Waals surface area contributed by atoms with Crippen LogP contribution in [0.2, 0.25) is 0 Å². The second-order valence-corrected chi connectivity index (χ2v) is 4.94. The molecule has 1 aromatic rings. The molecule has 0 aliphatic heterocycles. The van der Waals surface area contributed by atoms with Gasteiger partial charge in [0.2, 0.25) is 0 Å². The number of aryl methyl sites for hydroxylation is 1. The van der Waals surface area contributed by atoms with Gasteiger partial charge in [0.15, 0.2) is 0 Å². The molecule has 0 spiro atoms. The fraction of sp³-hybridized carbons (Fsp3) is 0.600. The van der Waals surface area contributed by atoms with E-state index in [1.165, 1.54) is 5.56 Å². The van der Waals surface area contributed by atoms with Crippen molar-refractivity contribution in [3.8, 4) is 0 Å². The quantitative estimate of drug-likeness (QED) is 0.668. The Hall–Kier alpha value is -1.14. The van der Waals surface area contributed by atoms with Crippen molar-refractivity contribution in [3.05, 3.63) is 35.9 Å². The third-order valence-electron chi connectivity index (χ3n) is 3.20. The first-order chi connectivity index (χ1) is 9.95. The molecule has 1 N–H and O–H groups in total. The summed E-state index contributed by atoms with van der Waals surface area (Å²) in [7, 11) is 1.70. The van der Waals surface area contributed by atoms with Crippen LogP contribution in [0.3, 0.4) is 0 Å². The predicted molar refractivity (Wildman–Crippen MR) is 74.0 cm³/mol. The normalized spacial score (nSPS) is 13.6. The maximum absolute atomic E-state index is 12.7. The highest BCUT2D eigenvalue weighted by Crippen LogP contribution is 2.22. The van der Waals surface area contributed by atoms with Crippen molar-refractivity contribution >= 4 is 0 Å². The molecule has 1 rings (SSSR count). The van der Waals surface area contributed by atoms with Gasteiger partial charge in [-0.3, -0.25) is 0 Å². The summed E-state index contributed by atoms with van der Waals surface area (Å²) in [6.07, 6.45) is -1.22. The maximum Gasteiger partial charge on any atom is 0.330 e. The van der Waals surface area contributed by atoms with E-state index in [-0.39, 0.29) is 12.6 Å². The minimum atomic E-state index is -4.08. The molecule has 0 aliphatic carbocycles. The van der Waals surface area contributed by atoms with Crippen molar-refractivity contribution in [1.82, 2.24) is 5.32 Å². The van der Waals surface area contributed by atoms with Crippen LogP contribution in [0, 0.1) is 0 Å². The van der Waals surface area contributed by atoms with E-state index in [0.717, 1.165) is 19.3 Å². The molecular formula is C15H21F4NO. The van der Waals surface area contributed by atoms with Gasteiger partial charge in [0.1, 0.15) is 6.61 Å². The van der Waals surface area contributed by atoms with Crippen LogP contribution >= 0.6 is 0 Å². The van der Waals surface area contributed by atoms with Crippen LogP contribution < -0.4 is 5.32 Å². The standard InChI is InChI=1S/C15H21F4NO/c1-20-13(10-21-11-15(18,19)14(16)17)9-5-8-12-6-3-2-4-7-12/h2-4,6-7,13-14,20H,5,8-11H2,1H3. The van der Waals surface area contributed by atoms with Gasteiger partial charge in [0, 0.05) is 6.04 Å². The number of benzene rings is 1. The molecule has 1 unspecified atom stereocenters. The van der Waals surface area contributed by atoms with Crippen molar-refractivity contribution in [1.29, 1.82) is 0 Å². The smallest absolute Gasteiger partial charge is 0.330 e. The SMILES string of the molecule is CNC(CCCc1ccccc1)COCC(F)(F)C(F)F. The van der Waals surface area contributed by atoms with E-state index < -0.39 is 19.0 Å². The van der Waals surface area contributed by atoms with E-state index >= 15 is 0 Å². The van der Waals surface area contributed by atoms with E-state index in [4.69, 9.17) is 4.74 Å².